The van der Waals surface area contributed by atoms with Gasteiger partial charge in [-0.15, -0.1) is 0 Å². The molecule has 1 aliphatic carbocycles. The smallest absolute Gasteiger partial charge is 0.328 e. The van der Waals surface area contributed by atoms with E-state index in [4.69, 9.17) is 14.6 Å². The molecular weight excluding hydrogens is 490 g/mol. The van der Waals surface area contributed by atoms with E-state index in [1.807, 2.05) is 77.5 Å². The first-order valence-corrected chi connectivity index (χ1v) is 13.4. The Balaban J connectivity index is 1.28. The minimum atomic E-state index is -0.836. The van der Waals surface area contributed by atoms with E-state index >= 15 is 0 Å². The van der Waals surface area contributed by atoms with Crippen molar-refractivity contribution in [2.75, 3.05) is 7.11 Å². The van der Waals surface area contributed by atoms with E-state index in [0.717, 1.165) is 59.4 Å². The summed E-state index contributed by atoms with van der Waals surface area (Å²) in [4.78, 5) is 26.1. The van der Waals surface area contributed by atoms with Gasteiger partial charge in [0.1, 0.15) is 18.4 Å². The summed E-state index contributed by atoms with van der Waals surface area (Å²) in [5.74, 6) is -0.111. The fraction of sp³-hybridized carbons (Fsp3) is 0.281. The largest absolute Gasteiger partial charge is 0.489 e. The van der Waals surface area contributed by atoms with Gasteiger partial charge in [-0.05, 0) is 54.5 Å². The number of nitrogens with one attached hydrogen (secondary N) is 1. The van der Waals surface area contributed by atoms with Crippen LogP contribution in [0.4, 0.5) is 0 Å². The lowest BCUT2D eigenvalue weighted by Crippen LogP contribution is -2.43. The van der Waals surface area contributed by atoms with Crippen LogP contribution in [-0.4, -0.2) is 34.8 Å². The Morgan fingerprint density at radius 2 is 1.54 bits per heavy atom. The second-order valence-corrected chi connectivity index (χ2v) is 9.80. The predicted molar refractivity (Wildman–Crippen MR) is 149 cm³/mol. The molecule has 1 heterocycles. The fourth-order valence-electron chi connectivity index (χ4n) is 5.00. The second-order valence-electron chi connectivity index (χ2n) is 9.80. The molecule has 5 rings (SSSR count). The number of methoxy groups -OCH3 is 1. The molecule has 1 amide bonds. The van der Waals surface area contributed by atoms with Crippen molar-refractivity contribution in [3.05, 3.63) is 119 Å². The third-order valence-corrected chi connectivity index (χ3v) is 7.05. The summed E-state index contributed by atoms with van der Waals surface area (Å²) in [5, 5.41) is 7.63. The number of aromatic nitrogens is 2. The number of amides is 1. The topological polar surface area (TPSA) is 82.4 Å². The maximum Gasteiger partial charge on any atom is 0.328 e. The van der Waals surface area contributed by atoms with Gasteiger partial charge >= 0.3 is 5.97 Å². The Bertz CT molecular complexity index is 1400. The monoisotopic (exact) mass is 523 g/mol. The van der Waals surface area contributed by atoms with Crippen LogP contribution in [0.2, 0.25) is 0 Å². The molecule has 0 radical (unpaired) electrons. The first-order valence-electron chi connectivity index (χ1n) is 13.4. The lowest BCUT2D eigenvalue weighted by Gasteiger charge is -2.17. The Morgan fingerprint density at radius 3 is 2.23 bits per heavy atom. The number of carbonyl (C=O) groups is 2. The normalized spacial score (nSPS) is 13.3. The molecule has 0 saturated heterocycles. The van der Waals surface area contributed by atoms with Crippen LogP contribution < -0.4 is 10.1 Å². The molecule has 0 saturated carbocycles. The molecule has 3 aromatic carbocycles. The van der Waals surface area contributed by atoms with Crippen molar-refractivity contribution >= 4 is 11.9 Å². The van der Waals surface area contributed by atoms with Crippen LogP contribution in [-0.2, 0) is 41.9 Å². The fourth-order valence-corrected chi connectivity index (χ4v) is 5.00. The van der Waals surface area contributed by atoms with Crippen molar-refractivity contribution in [2.45, 2.75) is 51.3 Å². The first-order chi connectivity index (χ1) is 19.1. The highest BCUT2D eigenvalue weighted by Gasteiger charge is 2.29. The van der Waals surface area contributed by atoms with Gasteiger partial charge in [0, 0.05) is 17.7 Å². The SMILES string of the molecule is COC(=O)C(Cc1ccc(OCc2ccccc2)cc1)NC(=O)c1nn(Cc2ccccc2)c2c1CCCC2. The lowest BCUT2D eigenvalue weighted by atomic mass is 9.95. The zero-order valence-corrected chi connectivity index (χ0v) is 22.1. The van der Waals surface area contributed by atoms with E-state index < -0.39 is 12.0 Å². The molecule has 0 bridgehead atoms. The zero-order valence-electron chi connectivity index (χ0n) is 22.1. The molecule has 200 valence electrons. The van der Waals surface area contributed by atoms with E-state index in [1.54, 1.807) is 0 Å². The Labute approximate surface area is 228 Å². The molecule has 7 heteroatoms. The molecule has 1 N–H and O–H groups in total. The van der Waals surface area contributed by atoms with Gasteiger partial charge in [0.15, 0.2) is 5.69 Å². The van der Waals surface area contributed by atoms with Crippen LogP contribution in [0.3, 0.4) is 0 Å². The number of nitrogens with zero attached hydrogens (tertiary/aromatic N) is 2. The van der Waals surface area contributed by atoms with E-state index in [2.05, 4.69) is 17.4 Å². The van der Waals surface area contributed by atoms with Crippen molar-refractivity contribution in [3.8, 4) is 5.75 Å². The highest BCUT2D eigenvalue weighted by molar-refractivity contribution is 5.96. The quantitative estimate of drug-likeness (QED) is 0.299. The van der Waals surface area contributed by atoms with Crippen LogP contribution in [0.25, 0.3) is 0 Å². The van der Waals surface area contributed by atoms with Gasteiger partial charge in [-0.3, -0.25) is 9.48 Å². The average molecular weight is 524 g/mol. The molecule has 7 nitrogen and oxygen atoms in total. The maximum atomic E-state index is 13.5. The number of esters is 1. The third-order valence-electron chi connectivity index (χ3n) is 7.05. The van der Waals surface area contributed by atoms with E-state index in [0.29, 0.717) is 25.3 Å². The number of rotatable bonds is 10. The molecule has 1 atom stereocenters. The highest BCUT2D eigenvalue weighted by Crippen LogP contribution is 2.26. The molecule has 4 aromatic rings. The predicted octanol–water partition coefficient (Wildman–Crippen LogP) is 4.90. The molecule has 0 fully saturated rings. The van der Waals surface area contributed by atoms with Crippen molar-refractivity contribution in [1.82, 2.24) is 15.1 Å². The van der Waals surface area contributed by atoms with Gasteiger partial charge in [0.25, 0.3) is 5.91 Å². The summed E-state index contributed by atoms with van der Waals surface area (Å²) in [7, 11) is 1.33. The summed E-state index contributed by atoms with van der Waals surface area (Å²) in [6.07, 6.45) is 4.08. The lowest BCUT2D eigenvalue weighted by molar-refractivity contribution is -0.142. The Morgan fingerprint density at radius 1 is 0.872 bits per heavy atom. The van der Waals surface area contributed by atoms with Crippen molar-refractivity contribution in [2.24, 2.45) is 0 Å². The van der Waals surface area contributed by atoms with Gasteiger partial charge in [0.2, 0.25) is 0 Å². The summed E-state index contributed by atoms with van der Waals surface area (Å²) >= 11 is 0. The van der Waals surface area contributed by atoms with Gasteiger partial charge in [0.05, 0.1) is 13.7 Å². The molecule has 39 heavy (non-hydrogen) atoms. The Kier molecular flexibility index (Phi) is 8.36. The molecule has 0 spiro atoms. The number of fused-ring (bicyclic) bond motifs is 1. The number of carbonyl (C=O) groups excluding carboxylic acids is 2. The minimum Gasteiger partial charge on any atom is -0.489 e. The van der Waals surface area contributed by atoms with Gasteiger partial charge < -0.3 is 14.8 Å². The van der Waals surface area contributed by atoms with Gasteiger partial charge in [-0.1, -0.05) is 72.8 Å². The van der Waals surface area contributed by atoms with Crippen molar-refractivity contribution in [3.63, 3.8) is 0 Å². The molecule has 0 aliphatic heterocycles. The van der Waals surface area contributed by atoms with E-state index in [1.165, 1.54) is 7.11 Å². The summed E-state index contributed by atoms with van der Waals surface area (Å²) in [5.41, 5.74) is 5.59. The van der Waals surface area contributed by atoms with Crippen LogP contribution in [0.5, 0.6) is 5.75 Å². The highest BCUT2D eigenvalue weighted by atomic mass is 16.5. The molecule has 1 aromatic heterocycles. The number of hydrogen-bond donors (Lipinski definition) is 1. The number of benzene rings is 3. The Hall–Kier alpha value is -4.39. The summed E-state index contributed by atoms with van der Waals surface area (Å²) in [6.45, 7) is 1.08. The third kappa shape index (κ3) is 6.55. The second kappa shape index (κ2) is 12.4. The summed E-state index contributed by atoms with van der Waals surface area (Å²) < 4.78 is 12.8. The molecule has 1 unspecified atom stereocenters. The zero-order chi connectivity index (χ0) is 27.0. The average Bonchev–Trinajstić information content (AvgIpc) is 3.35. The molecular formula is C32H33N3O4. The minimum absolute atomic E-state index is 0.296. The van der Waals surface area contributed by atoms with Crippen LogP contribution in [0.15, 0.2) is 84.9 Å². The van der Waals surface area contributed by atoms with E-state index in [9.17, 15) is 9.59 Å². The maximum absolute atomic E-state index is 13.5. The molecule has 1 aliphatic rings. The van der Waals surface area contributed by atoms with Crippen molar-refractivity contribution in [1.29, 1.82) is 0 Å². The van der Waals surface area contributed by atoms with Crippen LogP contribution in [0.1, 0.15) is 51.3 Å². The summed E-state index contributed by atoms with van der Waals surface area (Å²) in [6, 6.07) is 26.8. The van der Waals surface area contributed by atoms with E-state index in [-0.39, 0.29) is 5.91 Å². The number of ether oxygens (including phenoxy) is 2. The standard InChI is InChI=1S/C32H33N3O4/c1-38-32(37)28(20-23-16-18-26(19-17-23)39-22-25-12-6-3-7-13-25)33-31(36)30-27-14-8-9-15-29(27)35(34-30)21-24-10-4-2-5-11-24/h2-7,10-13,16-19,28H,8-9,14-15,20-22H2,1H3,(H,33,36). The van der Waals surface area contributed by atoms with Gasteiger partial charge in [-0.25, -0.2) is 4.79 Å². The van der Waals surface area contributed by atoms with Gasteiger partial charge in [-0.2, -0.15) is 5.10 Å². The first kappa shape index (κ1) is 26.2. The van der Waals surface area contributed by atoms with Crippen LogP contribution in [0, 0.1) is 0 Å². The number of hydrogen-bond acceptors (Lipinski definition) is 5. The van der Waals surface area contributed by atoms with Crippen molar-refractivity contribution < 1.29 is 19.1 Å². The van der Waals surface area contributed by atoms with Crippen LogP contribution >= 0.6 is 0 Å².